The van der Waals surface area contributed by atoms with Crippen LogP contribution in [0.3, 0.4) is 0 Å². The molecule has 1 aliphatic heterocycles. The Hall–Kier alpha value is -1.58. The van der Waals surface area contributed by atoms with E-state index in [9.17, 15) is 18.4 Å². The number of halogens is 3. The molecule has 3 nitrogen and oxygen atoms in total. The molecular formula is C22H29F3N2O. The maximum absolute atomic E-state index is 13.7. The highest BCUT2D eigenvalue weighted by Crippen LogP contribution is 2.49. The summed E-state index contributed by atoms with van der Waals surface area (Å²) < 4.78 is 46.7. The number of benzene rings is 1. The van der Waals surface area contributed by atoms with Crippen molar-refractivity contribution in [1.82, 2.24) is 4.90 Å². The lowest BCUT2D eigenvalue weighted by molar-refractivity contribution is -0.327. The summed E-state index contributed by atoms with van der Waals surface area (Å²) in [4.78, 5) is 1.93. The van der Waals surface area contributed by atoms with E-state index in [1.807, 2.05) is 11.0 Å². The number of likely N-dealkylation sites (tertiary alicyclic amines) is 1. The summed E-state index contributed by atoms with van der Waals surface area (Å²) in [5.41, 5.74) is -1.30. The van der Waals surface area contributed by atoms with Gasteiger partial charge in [-0.2, -0.15) is 18.4 Å². The van der Waals surface area contributed by atoms with Crippen molar-refractivity contribution < 1.29 is 17.9 Å². The lowest BCUT2D eigenvalue weighted by Crippen LogP contribution is -2.72. The summed E-state index contributed by atoms with van der Waals surface area (Å²) >= 11 is 0. The van der Waals surface area contributed by atoms with Crippen molar-refractivity contribution in [2.45, 2.75) is 70.4 Å². The first kappa shape index (κ1) is 21.1. The Kier molecular flexibility index (Phi) is 6.07. The zero-order valence-electron chi connectivity index (χ0n) is 16.6. The monoisotopic (exact) mass is 394 g/mol. The van der Waals surface area contributed by atoms with Gasteiger partial charge in [-0.1, -0.05) is 44.2 Å². The maximum atomic E-state index is 13.7. The van der Waals surface area contributed by atoms with Gasteiger partial charge in [0, 0.05) is 25.6 Å². The van der Waals surface area contributed by atoms with Crippen molar-refractivity contribution in [3.8, 4) is 6.07 Å². The molecule has 1 aliphatic carbocycles. The van der Waals surface area contributed by atoms with Crippen LogP contribution in [0.4, 0.5) is 13.2 Å². The molecule has 2 aliphatic rings. The largest absolute Gasteiger partial charge is 0.419 e. The Bertz CT molecular complexity index is 682. The molecule has 3 rings (SSSR count). The SMILES string of the molecule is CC(C)[C@]1(CC#N)CC[C@H](N2CC(OCc3ccccc3)(C(F)(F)F)C2)CC1. The van der Waals surface area contributed by atoms with Crippen LogP contribution in [-0.4, -0.2) is 35.8 Å². The van der Waals surface area contributed by atoms with Gasteiger partial charge in [-0.3, -0.25) is 4.90 Å². The molecule has 1 saturated carbocycles. The zero-order valence-corrected chi connectivity index (χ0v) is 16.6. The van der Waals surface area contributed by atoms with Gasteiger partial charge in [-0.05, 0) is 42.6 Å². The number of alkyl halides is 3. The number of ether oxygens (including phenoxy) is 1. The Balaban J connectivity index is 1.59. The predicted molar refractivity (Wildman–Crippen MR) is 101 cm³/mol. The molecule has 0 amide bonds. The summed E-state index contributed by atoms with van der Waals surface area (Å²) in [5.74, 6) is 0.410. The normalized spacial score (nSPS) is 28.0. The van der Waals surface area contributed by atoms with E-state index >= 15 is 0 Å². The van der Waals surface area contributed by atoms with Gasteiger partial charge in [0.15, 0.2) is 5.60 Å². The van der Waals surface area contributed by atoms with Crippen LogP contribution >= 0.6 is 0 Å². The number of rotatable bonds is 6. The molecule has 1 aromatic rings. The average Bonchev–Trinajstić information content (AvgIpc) is 2.62. The molecule has 0 radical (unpaired) electrons. The summed E-state index contributed by atoms with van der Waals surface area (Å²) in [5, 5.41) is 9.17. The molecule has 154 valence electrons. The van der Waals surface area contributed by atoms with Crippen molar-refractivity contribution in [2.24, 2.45) is 11.3 Å². The minimum absolute atomic E-state index is 0.0149. The molecule has 1 aromatic carbocycles. The van der Waals surface area contributed by atoms with Crippen LogP contribution in [-0.2, 0) is 11.3 Å². The van der Waals surface area contributed by atoms with Crippen LogP contribution in [0.5, 0.6) is 0 Å². The first-order chi connectivity index (χ1) is 13.2. The third-order valence-electron chi connectivity index (χ3n) is 6.91. The second kappa shape index (κ2) is 8.04. The molecule has 1 saturated heterocycles. The van der Waals surface area contributed by atoms with E-state index in [0.29, 0.717) is 12.3 Å². The second-order valence-electron chi connectivity index (χ2n) is 8.75. The van der Waals surface area contributed by atoms with Gasteiger partial charge in [0.1, 0.15) is 0 Å². The van der Waals surface area contributed by atoms with Gasteiger partial charge >= 0.3 is 6.18 Å². The Morgan fingerprint density at radius 1 is 1.18 bits per heavy atom. The summed E-state index contributed by atoms with van der Waals surface area (Å²) in [7, 11) is 0. The van der Waals surface area contributed by atoms with E-state index in [1.165, 1.54) is 0 Å². The highest BCUT2D eigenvalue weighted by molar-refractivity contribution is 5.14. The van der Waals surface area contributed by atoms with Crippen LogP contribution in [0, 0.1) is 22.7 Å². The molecule has 2 fully saturated rings. The van der Waals surface area contributed by atoms with Crippen molar-refractivity contribution in [3.05, 3.63) is 35.9 Å². The first-order valence-corrected chi connectivity index (χ1v) is 10.1. The molecule has 28 heavy (non-hydrogen) atoms. The molecular weight excluding hydrogens is 365 g/mol. The maximum Gasteiger partial charge on any atom is 0.419 e. The first-order valence-electron chi connectivity index (χ1n) is 10.1. The minimum Gasteiger partial charge on any atom is -0.358 e. The third-order valence-corrected chi connectivity index (χ3v) is 6.91. The summed E-state index contributed by atoms with van der Waals surface area (Å²) in [6, 6.07) is 11.5. The van der Waals surface area contributed by atoms with E-state index < -0.39 is 11.8 Å². The van der Waals surface area contributed by atoms with Gasteiger partial charge in [0.2, 0.25) is 0 Å². The number of nitrogens with zero attached hydrogens (tertiary/aromatic N) is 2. The van der Waals surface area contributed by atoms with Gasteiger partial charge in [0.25, 0.3) is 0 Å². The lowest BCUT2D eigenvalue weighted by atomic mass is 9.64. The molecule has 0 N–H and O–H groups in total. The van der Waals surface area contributed by atoms with Crippen molar-refractivity contribution in [1.29, 1.82) is 5.26 Å². The van der Waals surface area contributed by atoms with E-state index in [2.05, 4.69) is 19.9 Å². The van der Waals surface area contributed by atoms with E-state index in [-0.39, 0.29) is 31.2 Å². The van der Waals surface area contributed by atoms with E-state index in [4.69, 9.17) is 4.74 Å². The van der Waals surface area contributed by atoms with Gasteiger partial charge in [-0.15, -0.1) is 0 Å². The fourth-order valence-corrected chi connectivity index (χ4v) is 4.67. The van der Waals surface area contributed by atoms with Crippen molar-refractivity contribution in [2.75, 3.05) is 13.1 Å². The Morgan fingerprint density at radius 3 is 2.29 bits per heavy atom. The molecule has 6 heteroatoms. The van der Waals surface area contributed by atoms with E-state index in [1.54, 1.807) is 24.3 Å². The zero-order chi connectivity index (χ0) is 20.4. The number of hydrogen-bond donors (Lipinski definition) is 0. The van der Waals surface area contributed by atoms with Gasteiger partial charge < -0.3 is 4.74 Å². The van der Waals surface area contributed by atoms with Crippen LogP contribution in [0.25, 0.3) is 0 Å². The Morgan fingerprint density at radius 2 is 1.79 bits per heavy atom. The van der Waals surface area contributed by atoms with Crippen LogP contribution in [0.1, 0.15) is 51.5 Å². The van der Waals surface area contributed by atoms with Crippen LogP contribution in [0.2, 0.25) is 0 Å². The number of hydrogen-bond acceptors (Lipinski definition) is 3. The molecule has 0 unspecified atom stereocenters. The lowest BCUT2D eigenvalue weighted by Gasteiger charge is -2.55. The quantitative estimate of drug-likeness (QED) is 0.655. The average molecular weight is 394 g/mol. The molecule has 0 bridgehead atoms. The fourth-order valence-electron chi connectivity index (χ4n) is 4.67. The second-order valence-corrected chi connectivity index (χ2v) is 8.75. The molecule has 0 spiro atoms. The van der Waals surface area contributed by atoms with E-state index in [0.717, 1.165) is 31.2 Å². The molecule has 0 atom stereocenters. The van der Waals surface area contributed by atoms with Crippen molar-refractivity contribution in [3.63, 3.8) is 0 Å². The molecule has 0 aromatic heterocycles. The van der Waals surface area contributed by atoms with Gasteiger partial charge in [0.05, 0.1) is 12.7 Å². The van der Waals surface area contributed by atoms with Crippen molar-refractivity contribution >= 4 is 0 Å². The minimum atomic E-state index is -4.38. The topological polar surface area (TPSA) is 36.3 Å². The van der Waals surface area contributed by atoms with Gasteiger partial charge in [-0.25, -0.2) is 0 Å². The third kappa shape index (κ3) is 4.06. The highest BCUT2D eigenvalue weighted by Gasteiger charge is 2.64. The smallest absolute Gasteiger partial charge is 0.358 e. The summed E-state index contributed by atoms with van der Waals surface area (Å²) in [6.45, 7) is 4.07. The number of nitriles is 1. The van der Waals surface area contributed by atoms with Crippen LogP contribution < -0.4 is 0 Å². The Labute approximate surface area is 165 Å². The predicted octanol–water partition coefficient (Wildman–Crippen LogP) is 5.32. The standard InChI is InChI=1S/C22H29F3N2O/c1-17(2)20(12-13-26)10-8-19(9-11-20)27-15-21(16-27,22(23,24)25)28-14-18-6-4-3-5-7-18/h3-7,17,19H,8-12,14-16H2,1-2H3/t19-,20+. The fraction of sp³-hybridized carbons (Fsp3) is 0.682. The summed E-state index contributed by atoms with van der Waals surface area (Å²) in [6.07, 6.45) is -0.328. The highest BCUT2D eigenvalue weighted by atomic mass is 19.4. The molecule has 1 heterocycles. The van der Waals surface area contributed by atoms with Crippen LogP contribution in [0.15, 0.2) is 30.3 Å².